The van der Waals surface area contributed by atoms with E-state index in [2.05, 4.69) is 10.3 Å². The Hall–Kier alpha value is -1.91. The van der Waals surface area contributed by atoms with Crippen molar-refractivity contribution in [3.05, 3.63) is 58.6 Å². The Kier molecular flexibility index (Phi) is 3.42. The van der Waals surface area contributed by atoms with Crippen LogP contribution < -0.4 is 5.32 Å². The number of hydrogen-bond donors (Lipinski definition) is 1. The molecule has 0 aliphatic rings. The monoisotopic (exact) mass is 302 g/mol. The Balaban J connectivity index is 1.86. The van der Waals surface area contributed by atoms with E-state index in [1.54, 1.807) is 12.1 Å². The molecule has 1 aromatic heterocycles. The number of hydrogen-bond acceptors (Lipinski definition) is 3. The zero-order chi connectivity index (χ0) is 14.1. The van der Waals surface area contributed by atoms with Gasteiger partial charge in [0.25, 0.3) is 5.91 Å². The van der Waals surface area contributed by atoms with E-state index in [0.29, 0.717) is 15.7 Å². The minimum absolute atomic E-state index is 0.203. The molecule has 0 saturated heterocycles. The SMILES string of the molecule is Cc1ccc(C(=O)Nc2nc3ccccc3s2)cc1Cl. The van der Waals surface area contributed by atoms with Gasteiger partial charge in [-0.15, -0.1) is 0 Å². The number of nitrogens with zero attached hydrogens (tertiary/aromatic N) is 1. The van der Waals surface area contributed by atoms with Crippen LogP contribution in [-0.2, 0) is 0 Å². The van der Waals surface area contributed by atoms with E-state index in [9.17, 15) is 4.79 Å². The number of anilines is 1. The molecule has 0 aliphatic carbocycles. The number of halogens is 1. The molecule has 100 valence electrons. The number of fused-ring (bicyclic) bond motifs is 1. The largest absolute Gasteiger partial charge is 0.298 e. The highest BCUT2D eigenvalue weighted by Gasteiger charge is 2.10. The summed E-state index contributed by atoms with van der Waals surface area (Å²) in [6, 6.07) is 13.0. The smallest absolute Gasteiger partial charge is 0.257 e. The van der Waals surface area contributed by atoms with E-state index < -0.39 is 0 Å². The van der Waals surface area contributed by atoms with Crippen LogP contribution in [0.2, 0.25) is 5.02 Å². The number of aryl methyl sites for hydroxylation is 1. The fourth-order valence-corrected chi connectivity index (χ4v) is 2.87. The molecular weight excluding hydrogens is 292 g/mol. The number of para-hydroxylation sites is 1. The van der Waals surface area contributed by atoms with Gasteiger partial charge in [-0.2, -0.15) is 0 Å². The Morgan fingerprint density at radius 2 is 2.05 bits per heavy atom. The van der Waals surface area contributed by atoms with Gasteiger partial charge in [0.1, 0.15) is 0 Å². The van der Waals surface area contributed by atoms with Crippen molar-refractivity contribution in [1.29, 1.82) is 0 Å². The molecule has 2 aromatic carbocycles. The zero-order valence-electron chi connectivity index (χ0n) is 10.7. The van der Waals surface area contributed by atoms with Gasteiger partial charge in [-0.3, -0.25) is 10.1 Å². The van der Waals surface area contributed by atoms with Gasteiger partial charge in [0.05, 0.1) is 10.2 Å². The van der Waals surface area contributed by atoms with Crippen LogP contribution in [0.5, 0.6) is 0 Å². The average Bonchev–Trinajstić information content (AvgIpc) is 2.83. The molecule has 0 unspecified atom stereocenters. The second kappa shape index (κ2) is 5.23. The van der Waals surface area contributed by atoms with E-state index in [1.807, 2.05) is 37.3 Å². The third-order valence-corrected chi connectivity index (χ3v) is 4.31. The van der Waals surface area contributed by atoms with Crippen LogP contribution in [0, 0.1) is 6.92 Å². The molecule has 0 aliphatic heterocycles. The van der Waals surface area contributed by atoms with Gasteiger partial charge < -0.3 is 0 Å². The number of carbonyl (C=O) groups excluding carboxylic acids is 1. The molecule has 1 heterocycles. The Morgan fingerprint density at radius 1 is 1.25 bits per heavy atom. The van der Waals surface area contributed by atoms with E-state index in [-0.39, 0.29) is 5.91 Å². The predicted molar refractivity (Wildman–Crippen MR) is 83.8 cm³/mol. The third kappa shape index (κ3) is 2.53. The summed E-state index contributed by atoms with van der Waals surface area (Å²) in [5.41, 5.74) is 2.36. The molecule has 0 fully saturated rings. The first-order valence-electron chi connectivity index (χ1n) is 6.06. The maximum atomic E-state index is 12.2. The average molecular weight is 303 g/mol. The van der Waals surface area contributed by atoms with Crippen molar-refractivity contribution in [2.24, 2.45) is 0 Å². The number of rotatable bonds is 2. The van der Waals surface area contributed by atoms with Crippen LogP contribution in [0.1, 0.15) is 15.9 Å². The van der Waals surface area contributed by atoms with Crippen molar-refractivity contribution >= 4 is 44.2 Å². The van der Waals surface area contributed by atoms with Crippen molar-refractivity contribution in [1.82, 2.24) is 4.98 Å². The fourth-order valence-electron chi connectivity index (χ4n) is 1.83. The predicted octanol–water partition coefficient (Wildman–Crippen LogP) is 4.51. The molecule has 0 radical (unpaired) electrons. The summed E-state index contributed by atoms with van der Waals surface area (Å²) in [5, 5.41) is 3.98. The highest BCUT2D eigenvalue weighted by molar-refractivity contribution is 7.22. The molecule has 20 heavy (non-hydrogen) atoms. The summed E-state index contributed by atoms with van der Waals surface area (Å²) in [6.07, 6.45) is 0. The van der Waals surface area contributed by atoms with Crippen molar-refractivity contribution in [2.75, 3.05) is 5.32 Å². The molecule has 3 rings (SSSR count). The molecule has 0 saturated carbocycles. The lowest BCUT2D eigenvalue weighted by Gasteiger charge is -2.03. The minimum Gasteiger partial charge on any atom is -0.298 e. The van der Waals surface area contributed by atoms with Crippen LogP contribution >= 0.6 is 22.9 Å². The van der Waals surface area contributed by atoms with Gasteiger partial charge in [0, 0.05) is 10.6 Å². The lowest BCUT2D eigenvalue weighted by Crippen LogP contribution is -2.11. The van der Waals surface area contributed by atoms with Gasteiger partial charge in [-0.1, -0.05) is 41.1 Å². The van der Waals surface area contributed by atoms with Gasteiger partial charge in [-0.05, 0) is 36.8 Å². The Labute approximate surface area is 125 Å². The number of benzene rings is 2. The van der Waals surface area contributed by atoms with Gasteiger partial charge in [0.15, 0.2) is 5.13 Å². The van der Waals surface area contributed by atoms with E-state index in [0.717, 1.165) is 15.8 Å². The molecule has 3 nitrogen and oxygen atoms in total. The van der Waals surface area contributed by atoms with Gasteiger partial charge >= 0.3 is 0 Å². The highest BCUT2D eigenvalue weighted by Crippen LogP contribution is 2.26. The van der Waals surface area contributed by atoms with Crippen LogP contribution in [-0.4, -0.2) is 10.9 Å². The van der Waals surface area contributed by atoms with E-state index >= 15 is 0 Å². The van der Waals surface area contributed by atoms with Crippen LogP contribution in [0.25, 0.3) is 10.2 Å². The number of thiazole rings is 1. The van der Waals surface area contributed by atoms with Crippen molar-refractivity contribution < 1.29 is 4.79 Å². The zero-order valence-corrected chi connectivity index (χ0v) is 12.3. The normalized spacial score (nSPS) is 10.7. The van der Waals surface area contributed by atoms with Crippen molar-refractivity contribution in [3.8, 4) is 0 Å². The summed E-state index contributed by atoms with van der Waals surface area (Å²) in [6.45, 7) is 1.90. The van der Waals surface area contributed by atoms with Crippen molar-refractivity contribution in [2.45, 2.75) is 6.92 Å². The van der Waals surface area contributed by atoms with Gasteiger partial charge in [0.2, 0.25) is 0 Å². The lowest BCUT2D eigenvalue weighted by molar-refractivity contribution is 0.102. The number of carbonyl (C=O) groups is 1. The summed E-state index contributed by atoms with van der Waals surface area (Å²) >= 11 is 7.48. The summed E-state index contributed by atoms with van der Waals surface area (Å²) in [5.74, 6) is -0.203. The second-order valence-corrected chi connectivity index (χ2v) is 5.84. The molecule has 1 N–H and O–H groups in total. The van der Waals surface area contributed by atoms with Crippen LogP contribution in [0.15, 0.2) is 42.5 Å². The Bertz CT molecular complexity index is 764. The third-order valence-electron chi connectivity index (χ3n) is 2.95. The fraction of sp³-hybridized carbons (Fsp3) is 0.0667. The van der Waals surface area contributed by atoms with Crippen molar-refractivity contribution in [3.63, 3.8) is 0 Å². The maximum absolute atomic E-state index is 12.2. The summed E-state index contributed by atoms with van der Waals surface area (Å²) in [7, 11) is 0. The van der Waals surface area contributed by atoms with E-state index in [4.69, 9.17) is 11.6 Å². The standard InChI is InChI=1S/C15H11ClN2OS/c1-9-6-7-10(8-11(9)16)14(19)18-15-17-12-4-2-3-5-13(12)20-15/h2-8H,1H3,(H,17,18,19). The van der Waals surface area contributed by atoms with E-state index in [1.165, 1.54) is 11.3 Å². The lowest BCUT2D eigenvalue weighted by atomic mass is 10.1. The Morgan fingerprint density at radius 3 is 2.80 bits per heavy atom. The number of amides is 1. The molecule has 1 amide bonds. The second-order valence-electron chi connectivity index (χ2n) is 4.40. The quantitative estimate of drug-likeness (QED) is 0.756. The molecule has 0 atom stereocenters. The molecule has 5 heteroatoms. The van der Waals surface area contributed by atoms with Crippen LogP contribution in [0.4, 0.5) is 5.13 Å². The number of nitrogens with one attached hydrogen (secondary N) is 1. The summed E-state index contributed by atoms with van der Waals surface area (Å²) in [4.78, 5) is 16.5. The highest BCUT2D eigenvalue weighted by atomic mass is 35.5. The topological polar surface area (TPSA) is 42.0 Å². The first-order valence-corrected chi connectivity index (χ1v) is 7.26. The maximum Gasteiger partial charge on any atom is 0.257 e. The molecule has 3 aromatic rings. The summed E-state index contributed by atoms with van der Waals surface area (Å²) < 4.78 is 1.05. The minimum atomic E-state index is -0.203. The molecular formula is C15H11ClN2OS. The number of aromatic nitrogens is 1. The first-order chi connectivity index (χ1) is 9.63. The van der Waals surface area contributed by atoms with Crippen LogP contribution in [0.3, 0.4) is 0 Å². The molecule has 0 spiro atoms. The van der Waals surface area contributed by atoms with Gasteiger partial charge in [-0.25, -0.2) is 4.98 Å². The molecule has 0 bridgehead atoms. The first kappa shape index (κ1) is 13.1.